The molecule has 1 amide bonds. The smallest absolute Gasteiger partial charge is 0.240 e. The lowest BCUT2D eigenvalue weighted by Gasteiger charge is -2.37. The Balaban J connectivity index is 1.49. The monoisotopic (exact) mass is 272 g/mol. The molecule has 0 radical (unpaired) electrons. The highest BCUT2D eigenvalue weighted by atomic mass is 16.2. The lowest BCUT2D eigenvalue weighted by Crippen LogP contribution is -2.49. The zero-order valence-corrected chi connectivity index (χ0v) is 12.4. The molecule has 1 N–H and O–H groups in total. The molecule has 1 saturated carbocycles. The molecule has 0 aromatic heterocycles. The Morgan fingerprint density at radius 3 is 2.50 bits per heavy atom. The average molecular weight is 272 g/mol. The maximum absolute atomic E-state index is 12.2. The summed E-state index contributed by atoms with van der Waals surface area (Å²) in [5, 5.41) is 3.56. The van der Waals surface area contributed by atoms with Crippen LogP contribution >= 0.6 is 0 Å². The van der Waals surface area contributed by atoms with Crippen LogP contribution in [0.3, 0.4) is 0 Å². The molecule has 0 spiro atoms. The van der Waals surface area contributed by atoms with Crippen LogP contribution in [0.25, 0.3) is 0 Å². The molecule has 3 heteroatoms. The van der Waals surface area contributed by atoms with Crippen LogP contribution in [0.4, 0.5) is 0 Å². The van der Waals surface area contributed by atoms with E-state index in [1.165, 1.54) is 5.56 Å². The van der Waals surface area contributed by atoms with E-state index < -0.39 is 0 Å². The van der Waals surface area contributed by atoms with Crippen molar-refractivity contribution in [2.75, 3.05) is 6.54 Å². The molecule has 1 aromatic rings. The number of nitrogens with zero attached hydrogens (tertiary/aromatic N) is 1. The Labute approximate surface area is 121 Å². The number of likely N-dealkylation sites (tertiary alicyclic amines) is 1. The van der Waals surface area contributed by atoms with E-state index >= 15 is 0 Å². The molecule has 1 heterocycles. The molecular formula is C17H24N2O. The van der Waals surface area contributed by atoms with Crippen molar-refractivity contribution < 1.29 is 4.79 Å². The summed E-state index contributed by atoms with van der Waals surface area (Å²) in [5.41, 5.74) is 1.44. The van der Waals surface area contributed by atoms with Gasteiger partial charge in [-0.1, -0.05) is 30.3 Å². The van der Waals surface area contributed by atoms with Crippen LogP contribution < -0.4 is 5.32 Å². The predicted molar refractivity (Wildman–Crippen MR) is 80.6 cm³/mol. The summed E-state index contributed by atoms with van der Waals surface area (Å²) in [5.74, 6) is 0.967. The summed E-state index contributed by atoms with van der Waals surface area (Å²) in [7, 11) is 0. The third-order valence-electron chi connectivity index (χ3n) is 4.71. The van der Waals surface area contributed by atoms with E-state index in [4.69, 9.17) is 0 Å². The molecule has 2 fully saturated rings. The highest BCUT2D eigenvalue weighted by Crippen LogP contribution is 2.37. The third kappa shape index (κ3) is 2.59. The van der Waals surface area contributed by atoms with Gasteiger partial charge in [-0.2, -0.15) is 0 Å². The Morgan fingerprint density at radius 1 is 1.20 bits per heavy atom. The van der Waals surface area contributed by atoms with Gasteiger partial charge in [0, 0.05) is 18.6 Å². The van der Waals surface area contributed by atoms with Gasteiger partial charge in [0.1, 0.15) is 0 Å². The summed E-state index contributed by atoms with van der Waals surface area (Å²) >= 11 is 0. The van der Waals surface area contributed by atoms with Gasteiger partial charge in [0.2, 0.25) is 5.91 Å². The van der Waals surface area contributed by atoms with Crippen molar-refractivity contribution in [3.63, 3.8) is 0 Å². The minimum Gasteiger partial charge on any atom is -0.339 e. The van der Waals surface area contributed by atoms with Gasteiger partial charge in [0.25, 0.3) is 0 Å². The molecule has 1 aliphatic heterocycles. The Kier molecular flexibility index (Phi) is 3.79. The highest BCUT2D eigenvalue weighted by Gasteiger charge is 2.37. The second kappa shape index (κ2) is 5.57. The van der Waals surface area contributed by atoms with E-state index in [-0.39, 0.29) is 6.04 Å². The van der Waals surface area contributed by atoms with Gasteiger partial charge in [-0.05, 0) is 44.6 Å². The summed E-state index contributed by atoms with van der Waals surface area (Å²) in [6.07, 6.45) is 3.29. The fraction of sp³-hybridized carbons (Fsp3) is 0.588. The minimum absolute atomic E-state index is 0.0547. The molecule has 1 saturated heterocycles. The SMILES string of the molecule is CC(C)N1CC[C@H](NC2CC(c3ccccc3)C2)C1=O. The normalized spacial score (nSPS) is 29.9. The number of nitrogens with one attached hydrogen (secondary N) is 1. The van der Waals surface area contributed by atoms with Crippen molar-refractivity contribution in [1.29, 1.82) is 0 Å². The quantitative estimate of drug-likeness (QED) is 0.913. The molecule has 1 aliphatic carbocycles. The third-order valence-corrected chi connectivity index (χ3v) is 4.71. The van der Waals surface area contributed by atoms with E-state index in [1.807, 2.05) is 4.90 Å². The van der Waals surface area contributed by atoms with Gasteiger partial charge in [0.15, 0.2) is 0 Å². The first-order valence-electron chi connectivity index (χ1n) is 7.76. The van der Waals surface area contributed by atoms with E-state index in [9.17, 15) is 4.79 Å². The minimum atomic E-state index is 0.0547. The van der Waals surface area contributed by atoms with Gasteiger partial charge in [-0.25, -0.2) is 0 Å². The number of benzene rings is 1. The maximum Gasteiger partial charge on any atom is 0.240 e. The van der Waals surface area contributed by atoms with Crippen molar-refractivity contribution in [1.82, 2.24) is 10.2 Å². The van der Waals surface area contributed by atoms with Crippen molar-refractivity contribution in [2.45, 2.75) is 57.2 Å². The van der Waals surface area contributed by atoms with Gasteiger partial charge in [-0.15, -0.1) is 0 Å². The lowest BCUT2D eigenvalue weighted by atomic mass is 9.75. The molecule has 0 bridgehead atoms. The van der Waals surface area contributed by atoms with E-state index in [2.05, 4.69) is 49.5 Å². The molecule has 1 aromatic carbocycles. The van der Waals surface area contributed by atoms with Crippen LogP contribution in [0, 0.1) is 0 Å². The zero-order chi connectivity index (χ0) is 14.1. The van der Waals surface area contributed by atoms with Gasteiger partial charge >= 0.3 is 0 Å². The number of hydrogen-bond acceptors (Lipinski definition) is 2. The molecule has 3 rings (SSSR count). The van der Waals surface area contributed by atoms with E-state index in [0.717, 1.165) is 25.8 Å². The van der Waals surface area contributed by atoms with Gasteiger partial charge < -0.3 is 10.2 Å². The lowest BCUT2D eigenvalue weighted by molar-refractivity contribution is -0.131. The maximum atomic E-state index is 12.2. The Hall–Kier alpha value is -1.35. The zero-order valence-electron chi connectivity index (χ0n) is 12.4. The average Bonchev–Trinajstić information content (AvgIpc) is 2.76. The number of carbonyl (C=O) groups is 1. The van der Waals surface area contributed by atoms with Gasteiger partial charge in [-0.3, -0.25) is 4.79 Å². The Morgan fingerprint density at radius 2 is 1.90 bits per heavy atom. The van der Waals surface area contributed by atoms with Crippen molar-refractivity contribution in [3.05, 3.63) is 35.9 Å². The molecule has 2 aliphatic rings. The number of hydrogen-bond donors (Lipinski definition) is 1. The largest absolute Gasteiger partial charge is 0.339 e. The fourth-order valence-corrected chi connectivity index (χ4v) is 3.41. The molecular weight excluding hydrogens is 248 g/mol. The second-order valence-electron chi connectivity index (χ2n) is 6.41. The first-order valence-corrected chi connectivity index (χ1v) is 7.76. The van der Waals surface area contributed by atoms with Crippen molar-refractivity contribution in [2.24, 2.45) is 0 Å². The summed E-state index contributed by atoms with van der Waals surface area (Å²) < 4.78 is 0. The molecule has 20 heavy (non-hydrogen) atoms. The molecule has 108 valence electrons. The van der Waals surface area contributed by atoms with Crippen molar-refractivity contribution >= 4 is 5.91 Å². The Bertz CT molecular complexity index is 465. The fourth-order valence-electron chi connectivity index (χ4n) is 3.41. The molecule has 1 atom stereocenters. The van der Waals surface area contributed by atoms with Crippen LogP contribution in [0.15, 0.2) is 30.3 Å². The van der Waals surface area contributed by atoms with Crippen molar-refractivity contribution in [3.8, 4) is 0 Å². The first-order chi connectivity index (χ1) is 9.65. The van der Waals surface area contributed by atoms with Gasteiger partial charge in [0.05, 0.1) is 6.04 Å². The first kappa shape index (κ1) is 13.6. The van der Waals surface area contributed by atoms with Crippen LogP contribution in [-0.4, -0.2) is 35.5 Å². The second-order valence-corrected chi connectivity index (χ2v) is 6.41. The summed E-state index contributed by atoms with van der Waals surface area (Å²) in [6, 6.07) is 11.6. The van der Waals surface area contributed by atoms with Crippen LogP contribution in [0.2, 0.25) is 0 Å². The number of carbonyl (C=O) groups excluding carboxylic acids is 1. The summed E-state index contributed by atoms with van der Waals surface area (Å²) in [6.45, 7) is 5.09. The topological polar surface area (TPSA) is 32.3 Å². The standard InChI is InChI=1S/C17H24N2O/c1-12(2)19-9-8-16(17(19)20)18-15-10-14(11-15)13-6-4-3-5-7-13/h3-7,12,14-16,18H,8-11H2,1-2H3/t14?,15?,16-/m0/s1. The van der Waals surface area contributed by atoms with Crippen LogP contribution in [-0.2, 0) is 4.79 Å². The number of rotatable bonds is 4. The van der Waals surface area contributed by atoms with Crippen LogP contribution in [0.5, 0.6) is 0 Å². The van der Waals surface area contributed by atoms with E-state index in [1.54, 1.807) is 0 Å². The molecule has 3 nitrogen and oxygen atoms in total. The molecule has 0 unspecified atom stereocenters. The predicted octanol–water partition coefficient (Wildman–Crippen LogP) is 2.53. The highest BCUT2D eigenvalue weighted by molar-refractivity contribution is 5.84. The summed E-state index contributed by atoms with van der Waals surface area (Å²) in [4.78, 5) is 14.2. The number of amides is 1. The van der Waals surface area contributed by atoms with Crippen LogP contribution in [0.1, 0.15) is 44.6 Å². The van der Waals surface area contributed by atoms with E-state index in [0.29, 0.717) is 23.9 Å².